The van der Waals surface area contributed by atoms with E-state index in [-0.39, 0.29) is 11.3 Å². The Morgan fingerprint density at radius 3 is 2.57 bits per heavy atom. The average molecular weight is 293 g/mol. The van der Waals surface area contributed by atoms with Crippen LogP contribution in [0.4, 0.5) is 4.39 Å². The molecule has 2 unspecified atom stereocenters. The lowest BCUT2D eigenvalue weighted by molar-refractivity contribution is -0.141. The van der Waals surface area contributed by atoms with Crippen molar-refractivity contribution in [2.45, 2.75) is 26.8 Å². The molecule has 1 aromatic heterocycles. The molecule has 1 heterocycles. The second-order valence-electron chi connectivity index (χ2n) is 5.06. The zero-order chi connectivity index (χ0) is 15.7. The first kappa shape index (κ1) is 15.0. The number of halogens is 1. The molecule has 2 rings (SSSR count). The molecule has 1 aromatic carbocycles. The number of amides is 1. The number of carboxylic acids is 1. The van der Waals surface area contributed by atoms with Gasteiger partial charge in [0.1, 0.15) is 0 Å². The van der Waals surface area contributed by atoms with Gasteiger partial charge in [-0.25, -0.2) is 4.39 Å². The highest BCUT2D eigenvalue weighted by Crippen LogP contribution is 2.27. The molecule has 0 fully saturated rings. The van der Waals surface area contributed by atoms with Crippen molar-refractivity contribution >= 4 is 22.8 Å². The summed E-state index contributed by atoms with van der Waals surface area (Å²) >= 11 is 0. The van der Waals surface area contributed by atoms with Crippen LogP contribution in [0.25, 0.3) is 11.0 Å². The van der Waals surface area contributed by atoms with Crippen molar-refractivity contribution in [2.75, 3.05) is 0 Å². The Morgan fingerprint density at radius 2 is 2.00 bits per heavy atom. The van der Waals surface area contributed by atoms with Gasteiger partial charge in [0.2, 0.25) is 0 Å². The zero-order valence-corrected chi connectivity index (χ0v) is 11.9. The Labute approximate surface area is 120 Å². The molecular weight excluding hydrogens is 277 g/mol. The summed E-state index contributed by atoms with van der Waals surface area (Å²) in [5.74, 6) is -2.84. The minimum Gasteiger partial charge on any atom is -0.481 e. The third-order valence-corrected chi connectivity index (χ3v) is 3.62. The second kappa shape index (κ2) is 5.55. The van der Waals surface area contributed by atoms with E-state index in [2.05, 4.69) is 5.32 Å². The number of fused-ring (bicyclic) bond motifs is 1. The van der Waals surface area contributed by atoms with Gasteiger partial charge in [0.05, 0.1) is 5.92 Å². The summed E-state index contributed by atoms with van der Waals surface area (Å²) in [6, 6.07) is 3.88. The van der Waals surface area contributed by atoms with Crippen LogP contribution < -0.4 is 5.32 Å². The summed E-state index contributed by atoms with van der Waals surface area (Å²) in [6.07, 6.45) is 0. The summed E-state index contributed by atoms with van der Waals surface area (Å²) in [5.41, 5.74) is 0.552. The minimum atomic E-state index is -1.00. The van der Waals surface area contributed by atoms with Crippen LogP contribution in [0.1, 0.15) is 30.0 Å². The van der Waals surface area contributed by atoms with Crippen molar-refractivity contribution in [3.8, 4) is 0 Å². The zero-order valence-electron chi connectivity index (χ0n) is 11.9. The van der Waals surface area contributed by atoms with Crippen LogP contribution in [0.2, 0.25) is 0 Å². The van der Waals surface area contributed by atoms with Gasteiger partial charge < -0.3 is 14.8 Å². The molecule has 0 bridgehead atoms. The second-order valence-corrected chi connectivity index (χ2v) is 5.06. The summed E-state index contributed by atoms with van der Waals surface area (Å²) < 4.78 is 18.9. The number of carbonyl (C=O) groups is 2. The summed E-state index contributed by atoms with van der Waals surface area (Å²) in [5, 5.41) is 12.0. The van der Waals surface area contributed by atoms with Gasteiger partial charge in [-0.05, 0) is 26.8 Å². The van der Waals surface area contributed by atoms with Gasteiger partial charge in [0.15, 0.2) is 17.2 Å². The van der Waals surface area contributed by atoms with Gasteiger partial charge in [-0.2, -0.15) is 0 Å². The lowest BCUT2D eigenvalue weighted by Gasteiger charge is -2.17. The van der Waals surface area contributed by atoms with E-state index in [0.717, 1.165) is 0 Å². The van der Waals surface area contributed by atoms with Crippen molar-refractivity contribution in [2.24, 2.45) is 5.92 Å². The van der Waals surface area contributed by atoms with Crippen molar-refractivity contribution in [1.82, 2.24) is 5.32 Å². The summed E-state index contributed by atoms with van der Waals surface area (Å²) in [6.45, 7) is 4.75. The first-order valence-electron chi connectivity index (χ1n) is 6.54. The lowest BCUT2D eigenvalue weighted by Crippen LogP contribution is -2.40. The highest BCUT2D eigenvalue weighted by atomic mass is 19.1. The molecule has 112 valence electrons. The predicted octanol–water partition coefficient (Wildman–Crippen LogP) is 2.72. The van der Waals surface area contributed by atoms with Crippen LogP contribution in [0, 0.1) is 18.7 Å². The highest BCUT2D eigenvalue weighted by Gasteiger charge is 2.25. The third-order valence-electron chi connectivity index (χ3n) is 3.62. The summed E-state index contributed by atoms with van der Waals surface area (Å²) in [7, 11) is 0. The Kier molecular flexibility index (Phi) is 3.97. The first-order valence-corrected chi connectivity index (χ1v) is 6.54. The van der Waals surface area contributed by atoms with Crippen molar-refractivity contribution in [3.05, 3.63) is 35.3 Å². The van der Waals surface area contributed by atoms with Crippen LogP contribution in [-0.4, -0.2) is 23.0 Å². The lowest BCUT2D eigenvalue weighted by atomic mass is 10.0. The van der Waals surface area contributed by atoms with E-state index in [1.807, 2.05) is 0 Å². The number of aryl methyl sites for hydroxylation is 1. The molecule has 2 aromatic rings. The number of aliphatic carboxylic acids is 1. The van der Waals surface area contributed by atoms with Gasteiger partial charge in [-0.3, -0.25) is 9.59 Å². The molecule has 5 nitrogen and oxygen atoms in total. The molecule has 6 heteroatoms. The van der Waals surface area contributed by atoms with E-state index in [9.17, 15) is 14.0 Å². The number of carboxylic acid groups (broad SMARTS) is 1. The number of nitrogens with one attached hydrogen (secondary N) is 1. The number of benzene rings is 1. The summed E-state index contributed by atoms with van der Waals surface area (Å²) in [4.78, 5) is 23.1. The van der Waals surface area contributed by atoms with Crippen LogP contribution in [0.5, 0.6) is 0 Å². The van der Waals surface area contributed by atoms with Crippen LogP contribution >= 0.6 is 0 Å². The predicted molar refractivity (Wildman–Crippen MR) is 74.6 cm³/mol. The molecule has 2 atom stereocenters. The van der Waals surface area contributed by atoms with Gasteiger partial charge in [0, 0.05) is 17.0 Å². The minimum absolute atomic E-state index is 0.000427. The molecule has 0 spiro atoms. The Hall–Kier alpha value is -2.37. The monoisotopic (exact) mass is 293 g/mol. The topological polar surface area (TPSA) is 79.5 Å². The quantitative estimate of drug-likeness (QED) is 0.908. The third kappa shape index (κ3) is 2.74. The van der Waals surface area contributed by atoms with Crippen molar-refractivity contribution < 1.29 is 23.5 Å². The molecule has 0 saturated carbocycles. The Morgan fingerprint density at radius 1 is 1.33 bits per heavy atom. The number of hydrogen-bond acceptors (Lipinski definition) is 3. The molecule has 0 aliphatic heterocycles. The van der Waals surface area contributed by atoms with Crippen molar-refractivity contribution in [3.63, 3.8) is 0 Å². The number of para-hydroxylation sites is 1. The molecule has 0 aliphatic rings. The highest BCUT2D eigenvalue weighted by molar-refractivity contribution is 5.99. The number of furan rings is 1. The molecule has 0 saturated heterocycles. The van der Waals surface area contributed by atoms with Crippen LogP contribution in [0.15, 0.2) is 22.6 Å². The van der Waals surface area contributed by atoms with Gasteiger partial charge >= 0.3 is 5.97 Å². The Bertz CT molecular complexity index is 707. The van der Waals surface area contributed by atoms with Gasteiger partial charge in [-0.15, -0.1) is 0 Å². The number of rotatable bonds is 4. The molecular formula is C15H16FNO4. The molecule has 1 amide bonds. The van der Waals surface area contributed by atoms with E-state index < -0.39 is 29.7 Å². The fourth-order valence-corrected chi connectivity index (χ4v) is 2.04. The molecule has 0 radical (unpaired) electrons. The molecule has 0 aliphatic carbocycles. The SMILES string of the molecule is Cc1c(C(=O)NC(C)C(C)C(=O)O)oc2c(F)cccc12. The normalized spacial score (nSPS) is 13.9. The maximum Gasteiger partial charge on any atom is 0.308 e. The first-order chi connectivity index (χ1) is 9.82. The van der Waals surface area contributed by atoms with Gasteiger partial charge in [0.25, 0.3) is 5.91 Å². The largest absolute Gasteiger partial charge is 0.481 e. The Balaban J connectivity index is 2.30. The van der Waals surface area contributed by atoms with Crippen molar-refractivity contribution in [1.29, 1.82) is 0 Å². The van der Waals surface area contributed by atoms with Crippen LogP contribution in [0.3, 0.4) is 0 Å². The smallest absolute Gasteiger partial charge is 0.308 e. The fourth-order valence-electron chi connectivity index (χ4n) is 2.04. The molecule has 21 heavy (non-hydrogen) atoms. The number of carbonyl (C=O) groups excluding carboxylic acids is 1. The van der Waals surface area contributed by atoms with Gasteiger partial charge in [-0.1, -0.05) is 12.1 Å². The van der Waals surface area contributed by atoms with E-state index in [4.69, 9.17) is 9.52 Å². The maximum atomic E-state index is 13.6. The van der Waals surface area contributed by atoms with E-state index in [1.54, 1.807) is 19.9 Å². The molecule has 2 N–H and O–H groups in total. The average Bonchev–Trinajstić information content (AvgIpc) is 2.77. The van der Waals surface area contributed by atoms with E-state index >= 15 is 0 Å². The number of hydrogen-bond donors (Lipinski definition) is 2. The maximum absolute atomic E-state index is 13.6. The fraction of sp³-hybridized carbons (Fsp3) is 0.333. The van der Waals surface area contributed by atoms with E-state index in [1.165, 1.54) is 19.1 Å². The standard InChI is InChI=1S/C15H16FNO4/c1-7(15(19)20)9(3)17-14(18)12-8(2)10-5-4-6-11(16)13(10)21-12/h4-7,9H,1-3H3,(H,17,18)(H,19,20). The van der Waals surface area contributed by atoms with E-state index in [0.29, 0.717) is 10.9 Å². The van der Waals surface area contributed by atoms with Crippen LogP contribution in [-0.2, 0) is 4.79 Å².